The highest BCUT2D eigenvalue weighted by molar-refractivity contribution is 5.78. The van der Waals surface area contributed by atoms with Crippen LogP contribution in [0.5, 0.6) is 0 Å². The van der Waals surface area contributed by atoms with E-state index in [1.165, 1.54) is 0 Å². The van der Waals surface area contributed by atoms with Gasteiger partial charge in [0, 0.05) is 51.6 Å². The molecule has 2 saturated heterocycles. The topological polar surface area (TPSA) is 61.9 Å². The van der Waals surface area contributed by atoms with Crippen LogP contribution < -0.4 is 5.32 Å². The Bertz CT molecular complexity index is 343. The average Bonchev–Trinajstić information content (AvgIpc) is 2.73. The number of carbonyl (C=O) groups excluding carboxylic acids is 2. The maximum atomic E-state index is 12.3. The molecule has 0 spiro atoms. The molecular formula is C14H25N3O3. The van der Waals surface area contributed by atoms with E-state index in [0.29, 0.717) is 32.5 Å². The van der Waals surface area contributed by atoms with E-state index in [2.05, 4.69) is 5.32 Å². The smallest absolute Gasteiger partial charge is 0.224 e. The van der Waals surface area contributed by atoms with Crippen LogP contribution in [0, 0.1) is 0 Å². The maximum Gasteiger partial charge on any atom is 0.224 e. The molecular weight excluding hydrogens is 258 g/mol. The van der Waals surface area contributed by atoms with E-state index in [-0.39, 0.29) is 17.9 Å². The molecule has 2 aliphatic rings. The van der Waals surface area contributed by atoms with Crippen molar-refractivity contribution in [3.63, 3.8) is 0 Å². The lowest BCUT2D eigenvalue weighted by atomic mass is 10.1. The second-order valence-corrected chi connectivity index (χ2v) is 5.40. The lowest BCUT2D eigenvalue weighted by Gasteiger charge is -2.27. The van der Waals surface area contributed by atoms with Gasteiger partial charge in [-0.3, -0.25) is 9.59 Å². The van der Waals surface area contributed by atoms with Crippen molar-refractivity contribution in [3.8, 4) is 0 Å². The van der Waals surface area contributed by atoms with Gasteiger partial charge in [-0.05, 0) is 6.42 Å². The molecule has 2 amide bonds. The van der Waals surface area contributed by atoms with Crippen molar-refractivity contribution in [2.24, 2.45) is 0 Å². The van der Waals surface area contributed by atoms with Crippen LogP contribution in [0.1, 0.15) is 26.2 Å². The number of nitrogens with one attached hydrogen (secondary N) is 1. The zero-order valence-corrected chi connectivity index (χ0v) is 12.3. The summed E-state index contributed by atoms with van der Waals surface area (Å²) in [7, 11) is 0. The minimum absolute atomic E-state index is 0.132. The van der Waals surface area contributed by atoms with Gasteiger partial charge in [0.25, 0.3) is 0 Å². The molecule has 0 saturated carbocycles. The number of nitrogens with zero attached hydrogens (tertiary/aromatic N) is 2. The lowest BCUT2D eigenvalue weighted by molar-refractivity contribution is -0.134. The van der Waals surface area contributed by atoms with Gasteiger partial charge in [-0.15, -0.1) is 0 Å². The predicted molar refractivity (Wildman–Crippen MR) is 75.3 cm³/mol. The highest BCUT2D eigenvalue weighted by atomic mass is 16.5. The molecule has 2 fully saturated rings. The number of ether oxygens (including phenoxy) is 1. The maximum absolute atomic E-state index is 12.3. The Balaban J connectivity index is 1.80. The Morgan fingerprint density at radius 3 is 2.45 bits per heavy atom. The van der Waals surface area contributed by atoms with Crippen molar-refractivity contribution in [3.05, 3.63) is 0 Å². The van der Waals surface area contributed by atoms with Crippen LogP contribution in [0.4, 0.5) is 0 Å². The molecule has 6 heteroatoms. The van der Waals surface area contributed by atoms with Crippen molar-refractivity contribution in [2.75, 3.05) is 45.9 Å². The molecule has 1 N–H and O–H groups in total. The molecule has 0 radical (unpaired) electrons. The van der Waals surface area contributed by atoms with E-state index in [9.17, 15) is 9.59 Å². The van der Waals surface area contributed by atoms with Crippen LogP contribution in [0.15, 0.2) is 0 Å². The summed E-state index contributed by atoms with van der Waals surface area (Å²) in [5.74, 6) is 0.348. The first-order valence-corrected chi connectivity index (χ1v) is 7.57. The van der Waals surface area contributed by atoms with Gasteiger partial charge < -0.3 is 19.9 Å². The van der Waals surface area contributed by atoms with Gasteiger partial charge in [0.1, 0.15) is 0 Å². The summed E-state index contributed by atoms with van der Waals surface area (Å²) in [5.41, 5.74) is 0. The third kappa shape index (κ3) is 4.18. The minimum Gasteiger partial charge on any atom is -0.378 e. The Hall–Kier alpha value is -1.14. The average molecular weight is 283 g/mol. The summed E-state index contributed by atoms with van der Waals surface area (Å²) in [5, 5.41) is 3.30. The van der Waals surface area contributed by atoms with Crippen molar-refractivity contribution >= 4 is 11.8 Å². The first-order chi connectivity index (χ1) is 9.70. The Labute approximate surface area is 120 Å². The first-order valence-electron chi connectivity index (χ1n) is 7.57. The van der Waals surface area contributed by atoms with Crippen LogP contribution >= 0.6 is 0 Å². The normalized spacial score (nSPS) is 24.4. The molecule has 6 nitrogen and oxygen atoms in total. The number of carbonyl (C=O) groups is 2. The quantitative estimate of drug-likeness (QED) is 0.781. The third-order valence-corrected chi connectivity index (χ3v) is 3.92. The molecule has 1 atom stereocenters. The van der Waals surface area contributed by atoms with Gasteiger partial charge in [-0.25, -0.2) is 0 Å². The van der Waals surface area contributed by atoms with Gasteiger partial charge in [-0.2, -0.15) is 0 Å². The highest BCUT2D eigenvalue weighted by Gasteiger charge is 2.24. The van der Waals surface area contributed by atoms with Gasteiger partial charge in [0.2, 0.25) is 11.8 Å². The van der Waals surface area contributed by atoms with E-state index in [4.69, 9.17) is 4.74 Å². The number of hydrogen-bond donors (Lipinski definition) is 1. The zero-order valence-electron chi connectivity index (χ0n) is 12.3. The molecule has 0 bridgehead atoms. The fourth-order valence-corrected chi connectivity index (χ4v) is 2.73. The van der Waals surface area contributed by atoms with Crippen molar-refractivity contribution in [2.45, 2.75) is 32.2 Å². The van der Waals surface area contributed by atoms with E-state index in [1.807, 2.05) is 16.7 Å². The number of amides is 2. The van der Waals surface area contributed by atoms with Gasteiger partial charge in [-0.1, -0.05) is 6.92 Å². The van der Waals surface area contributed by atoms with Crippen molar-refractivity contribution in [1.29, 1.82) is 0 Å². The Kier molecular flexibility index (Phi) is 5.79. The second kappa shape index (κ2) is 7.59. The minimum atomic E-state index is 0.132. The monoisotopic (exact) mass is 283 g/mol. The van der Waals surface area contributed by atoms with Crippen LogP contribution in [-0.2, 0) is 14.3 Å². The van der Waals surface area contributed by atoms with E-state index >= 15 is 0 Å². The number of rotatable bonds is 3. The molecule has 20 heavy (non-hydrogen) atoms. The van der Waals surface area contributed by atoms with Gasteiger partial charge in [0.05, 0.1) is 13.2 Å². The lowest BCUT2D eigenvalue weighted by Crippen LogP contribution is -2.45. The van der Waals surface area contributed by atoms with Gasteiger partial charge >= 0.3 is 0 Å². The zero-order chi connectivity index (χ0) is 14.4. The molecule has 1 unspecified atom stereocenters. The van der Waals surface area contributed by atoms with Crippen LogP contribution in [-0.4, -0.2) is 73.6 Å². The summed E-state index contributed by atoms with van der Waals surface area (Å²) in [6.45, 7) is 6.86. The third-order valence-electron chi connectivity index (χ3n) is 3.92. The second-order valence-electron chi connectivity index (χ2n) is 5.40. The molecule has 0 aromatic heterocycles. The van der Waals surface area contributed by atoms with Crippen LogP contribution in [0.3, 0.4) is 0 Å². The molecule has 2 rings (SSSR count). The first kappa shape index (κ1) is 15.3. The summed E-state index contributed by atoms with van der Waals surface area (Å²) < 4.78 is 5.37. The molecule has 114 valence electrons. The van der Waals surface area contributed by atoms with E-state index < -0.39 is 0 Å². The predicted octanol–water partition coefficient (Wildman–Crippen LogP) is -0.164. The standard InChI is InChI=1S/C14H25N3O3/c1-2-13(18)16-5-3-6-17(8-7-16)14(19)10-12-11-20-9-4-15-12/h12,15H,2-11H2,1H3. The molecule has 0 aromatic rings. The number of hydrogen-bond acceptors (Lipinski definition) is 4. The molecule has 2 aliphatic heterocycles. The molecule has 0 aliphatic carbocycles. The fraction of sp³-hybridized carbons (Fsp3) is 0.857. The Morgan fingerprint density at radius 2 is 1.85 bits per heavy atom. The Morgan fingerprint density at radius 1 is 1.15 bits per heavy atom. The van der Waals surface area contributed by atoms with E-state index in [1.54, 1.807) is 0 Å². The summed E-state index contributed by atoms with van der Waals surface area (Å²) in [6.07, 6.45) is 1.89. The van der Waals surface area contributed by atoms with Crippen LogP contribution in [0.25, 0.3) is 0 Å². The highest BCUT2D eigenvalue weighted by Crippen LogP contribution is 2.08. The SMILES string of the molecule is CCC(=O)N1CCCN(C(=O)CC2COCCN2)CC1. The van der Waals surface area contributed by atoms with Gasteiger partial charge in [0.15, 0.2) is 0 Å². The number of morpholine rings is 1. The van der Waals surface area contributed by atoms with Crippen LogP contribution in [0.2, 0.25) is 0 Å². The van der Waals surface area contributed by atoms with E-state index in [0.717, 1.165) is 32.7 Å². The summed E-state index contributed by atoms with van der Waals surface area (Å²) in [6, 6.07) is 0.132. The summed E-state index contributed by atoms with van der Waals surface area (Å²) in [4.78, 5) is 27.8. The largest absolute Gasteiger partial charge is 0.378 e. The fourth-order valence-electron chi connectivity index (χ4n) is 2.73. The summed E-state index contributed by atoms with van der Waals surface area (Å²) >= 11 is 0. The molecule has 0 aromatic carbocycles. The molecule has 2 heterocycles. The van der Waals surface area contributed by atoms with Crippen molar-refractivity contribution in [1.82, 2.24) is 15.1 Å². The van der Waals surface area contributed by atoms with Crippen molar-refractivity contribution < 1.29 is 14.3 Å².